The van der Waals surface area contributed by atoms with Crippen molar-refractivity contribution in [1.29, 1.82) is 0 Å². The molecule has 1 aromatic rings. The first kappa shape index (κ1) is 9.61. The fraction of sp³-hybridized carbons (Fsp3) is 0. The van der Waals surface area contributed by atoms with Crippen LogP contribution < -0.4 is 27.7 Å². The van der Waals surface area contributed by atoms with E-state index < -0.39 is 0 Å². The molecule has 3 N–H and O–H groups in total. The highest BCUT2D eigenvalue weighted by Crippen LogP contribution is 2.02. The van der Waals surface area contributed by atoms with Gasteiger partial charge in [-0.25, -0.2) is 0 Å². The van der Waals surface area contributed by atoms with Crippen LogP contribution in [-0.4, -0.2) is 23.5 Å². The molecule has 0 saturated carbocycles. The molecule has 0 aromatic heterocycles. The third-order valence-electron chi connectivity index (χ3n) is 1.54. The lowest BCUT2D eigenvalue weighted by Gasteiger charge is -2.14. The molecule has 0 unspecified atom stereocenters. The van der Waals surface area contributed by atoms with E-state index in [2.05, 4.69) is 18.1 Å². The molecule has 0 heterocycles. The molecule has 1 rings (SSSR count). The highest BCUT2D eigenvalue weighted by atomic mass is 32.1. The Bertz CT molecular complexity index is 316. The van der Waals surface area contributed by atoms with Gasteiger partial charge in [0.2, 0.25) is 0 Å². The Kier molecular flexibility index (Phi) is 2.80. The topological polar surface area (TPSA) is 38.0 Å². The van der Waals surface area contributed by atoms with Crippen LogP contribution >= 0.6 is 12.6 Å². The summed E-state index contributed by atoms with van der Waals surface area (Å²) in [5, 5.41) is 0. The largest absolute Gasteiger partial charge is 0.325 e. The summed E-state index contributed by atoms with van der Waals surface area (Å²) in [7, 11) is 16.7. The van der Waals surface area contributed by atoms with E-state index in [1.165, 1.54) is 0 Å². The van der Waals surface area contributed by atoms with Gasteiger partial charge in [0.25, 0.3) is 0 Å². The van der Waals surface area contributed by atoms with Crippen molar-refractivity contribution in [3.05, 3.63) is 6.07 Å². The minimum atomic E-state index is 0.360. The number of hydrogen-bond acceptors (Lipinski definition) is 3. The lowest BCUT2D eigenvalue weighted by Crippen LogP contribution is -2.32. The molecular weight excluding hydrogens is 165 g/mol. The predicted molar refractivity (Wildman–Crippen MR) is 57.7 cm³/mol. The van der Waals surface area contributed by atoms with Crippen LogP contribution in [0.4, 0.5) is 5.69 Å². The second-order valence-electron chi connectivity index (χ2n) is 2.34. The fourth-order valence-corrected chi connectivity index (χ4v) is 1.07. The van der Waals surface area contributed by atoms with E-state index in [1.807, 2.05) is 0 Å². The average molecular weight is 170 g/mol. The molecule has 0 aliphatic rings. The van der Waals surface area contributed by atoms with Gasteiger partial charge in [0.15, 0.2) is 0 Å². The lowest BCUT2D eigenvalue weighted by molar-refractivity contribution is 1.36. The van der Waals surface area contributed by atoms with Gasteiger partial charge in [0, 0.05) is 5.69 Å². The quantitative estimate of drug-likeness (QED) is 0.191. The molecule has 12 heavy (non-hydrogen) atoms. The van der Waals surface area contributed by atoms with Crippen molar-refractivity contribution in [3.63, 3.8) is 0 Å². The van der Waals surface area contributed by atoms with Crippen LogP contribution in [0.25, 0.3) is 0 Å². The highest BCUT2D eigenvalue weighted by molar-refractivity contribution is 7.80. The van der Waals surface area contributed by atoms with E-state index in [0.717, 1.165) is 0 Å². The van der Waals surface area contributed by atoms with Gasteiger partial charge >= 0.3 is 0 Å². The first-order valence-electron chi connectivity index (χ1n) is 3.21. The van der Waals surface area contributed by atoms with E-state index in [0.29, 0.717) is 27.0 Å². The molecule has 0 spiro atoms. The second-order valence-corrected chi connectivity index (χ2v) is 2.78. The molecule has 0 saturated heterocycles. The Labute approximate surface area is 80.9 Å². The number of hydrogen-bond donors (Lipinski definition) is 3. The molecule has 0 bridgehead atoms. The van der Waals surface area contributed by atoms with Gasteiger partial charge in [0.1, 0.15) is 23.5 Å². The summed E-state index contributed by atoms with van der Waals surface area (Å²) in [6.07, 6.45) is 0. The summed E-state index contributed by atoms with van der Waals surface area (Å²) in [6.45, 7) is 0. The summed E-state index contributed by atoms with van der Waals surface area (Å²) in [4.78, 5) is 0.483. The Morgan fingerprint density at radius 2 is 1.83 bits per heavy atom. The zero-order chi connectivity index (χ0) is 9.30. The van der Waals surface area contributed by atoms with E-state index in [4.69, 9.17) is 29.4 Å². The maximum Gasteiger partial charge on any atom is 0.118 e. The summed E-state index contributed by atoms with van der Waals surface area (Å²) in [5.41, 5.74) is 4.03. The SMILES string of the molecule is [B]c1cc([B])c(NN)c([B])c1S. The van der Waals surface area contributed by atoms with Crippen LogP contribution in [-0.2, 0) is 0 Å². The molecular formula is C6H5B3N2S. The van der Waals surface area contributed by atoms with Gasteiger partial charge in [-0.2, -0.15) is 0 Å². The maximum atomic E-state index is 5.62. The smallest absolute Gasteiger partial charge is 0.118 e. The molecule has 0 amide bonds. The Morgan fingerprint density at radius 1 is 1.25 bits per heavy atom. The van der Waals surface area contributed by atoms with Crippen LogP contribution in [0.2, 0.25) is 0 Å². The van der Waals surface area contributed by atoms with Crippen LogP contribution in [0.5, 0.6) is 0 Å². The van der Waals surface area contributed by atoms with Crippen LogP contribution in [0.3, 0.4) is 0 Å². The summed E-state index contributed by atoms with van der Waals surface area (Å²) in [6, 6.07) is 1.55. The van der Waals surface area contributed by atoms with Crippen molar-refractivity contribution in [3.8, 4) is 0 Å². The third kappa shape index (κ3) is 1.49. The third-order valence-corrected chi connectivity index (χ3v) is 2.04. The average Bonchev–Trinajstić information content (AvgIpc) is 2.01. The first-order valence-corrected chi connectivity index (χ1v) is 3.65. The van der Waals surface area contributed by atoms with Gasteiger partial charge < -0.3 is 5.43 Å². The van der Waals surface area contributed by atoms with Crippen molar-refractivity contribution in [2.75, 3.05) is 5.43 Å². The van der Waals surface area contributed by atoms with Gasteiger partial charge in [-0.15, -0.1) is 12.6 Å². The Balaban J connectivity index is 3.40. The van der Waals surface area contributed by atoms with Crippen molar-refractivity contribution in [2.24, 2.45) is 5.84 Å². The number of nitrogens with one attached hydrogen (secondary N) is 1. The molecule has 0 aliphatic carbocycles. The molecule has 6 heteroatoms. The van der Waals surface area contributed by atoms with E-state index in [1.54, 1.807) is 6.07 Å². The molecule has 6 radical (unpaired) electrons. The molecule has 0 atom stereocenters. The minimum Gasteiger partial charge on any atom is -0.325 e. The van der Waals surface area contributed by atoms with E-state index in [9.17, 15) is 0 Å². The fourth-order valence-electron chi connectivity index (χ4n) is 0.899. The van der Waals surface area contributed by atoms with Gasteiger partial charge in [-0.05, 0) is 4.90 Å². The highest BCUT2D eigenvalue weighted by Gasteiger charge is 2.05. The van der Waals surface area contributed by atoms with Crippen molar-refractivity contribution < 1.29 is 0 Å². The van der Waals surface area contributed by atoms with Gasteiger partial charge in [0.05, 0.1) is 0 Å². The van der Waals surface area contributed by atoms with Gasteiger partial charge in [-0.3, -0.25) is 5.84 Å². The molecule has 1 aromatic carbocycles. The van der Waals surface area contributed by atoms with E-state index in [-0.39, 0.29) is 0 Å². The second kappa shape index (κ2) is 3.50. The summed E-state index contributed by atoms with van der Waals surface area (Å²) in [5.74, 6) is 5.19. The van der Waals surface area contributed by atoms with Crippen LogP contribution in [0, 0.1) is 0 Å². The number of nitrogens with two attached hydrogens (primary N) is 1. The lowest BCUT2D eigenvalue weighted by atomic mass is 9.78. The van der Waals surface area contributed by atoms with Crippen LogP contribution in [0.1, 0.15) is 0 Å². The summed E-state index contributed by atoms with van der Waals surface area (Å²) < 4.78 is 0. The number of anilines is 1. The number of nitrogen functional groups attached to an aromatic ring is 1. The maximum absolute atomic E-state index is 5.62. The van der Waals surface area contributed by atoms with E-state index >= 15 is 0 Å². The molecule has 0 fully saturated rings. The minimum absolute atomic E-state index is 0.360. The normalized spacial score (nSPS) is 9.83. The zero-order valence-electron chi connectivity index (χ0n) is 6.33. The number of thiol groups is 1. The molecule has 54 valence electrons. The number of hydrazine groups is 1. The Morgan fingerprint density at radius 3 is 2.33 bits per heavy atom. The van der Waals surface area contributed by atoms with Crippen LogP contribution in [0.15, 0.2) is 11.0 Å². The summed E-state index contributed by atoms with van der Waals surface area (Å²) >= 11 is 4.08. The first-order chi connectivity index (χ1) is 5.57. The van der Waals surface area contributed by atoms with Crippen molar-refractivity contribution in [1.82, 2.24) is 0 Å². The van der Waals surface area contributed by atoms with Gasteiger partial charge in [-0.1, -0.05) is 22.5 Å². The van der Waals surface area contributed by atoms with Crippen molar-refractivity contribution in [2.45, 2.75) is 4.90 Å². The van der Waals surface area contributed by atoms with Crippen molar-refractivity contribution >= 4 is 58.2 Å². The Hall–Kier alpha value is -0.475. The standard InChI is InChI=1S/C6H5B3N2S/c7-2-1-3(8)6(12)4(9)5(2)11-10/h1,11-12H,10H2. The molecule has 0 aliphatic heterocycles. The zero-order valence-corrected chi connectivity index (χ0v) is 7.23. The monoisotopic (exact) mass is 170 g/mol. The predicted octanol–water partition coefficient (Wildman–Crippen LogP) is -2.36. The number of rotatable bonds is 1. The molecule has 2 nitrogen and oxygen atoms in total. The number of benzene rings is 1.